The van der Waals surface area contributed by atoms with Crippen LogP contribution in [0.1, 0.15) is 92.9 Å². The van der Waals surface area contributed by atoms with Crippen LogP contribution in [0, 0.1) is 52.3 Å². The van der Waals surface area contributed by atoms with Crippen molar-refractivity contribution in [3.05, 3.63) is 12.2 Å². The Morgan fingerprint density at radius 2 is 1.58 bits per heavy atom. The molecule has 11 atom stereocenters. The molecule has 3 heteroatoms. The molecule has 0 aromatic carbocycles. The summed E-state index contributed by atoms with van der Waals surface area (Å²) in [6, 6.07) is 0. The van der Waals surface area contributed by atoms with Crippen LogP contribution < -0.4 is 0 Å². The molecular weight excluding hydrogens is 384 g/mol. The number of aliphatic hydroxyl groups is 3. The highest BCUT2D eigenvalue weighted by Gasteiger charge is 2.67. The molecule has 4 fully saturated rings. The van der Waals surface area contributed by atoms with Gasteiger partial charge in [-0.05, 0) is 91.8 Å². The van der Waals surface area contributed by atoms with Gasteiger partial charge in [0.05, 0.1) is 17.8 Å². The fourth-order valence-corrected chi connectivity index (χ4v) is 8.87. The van der Waals surface area contributed by atoms with E-state index in [2.05, 4.69) is 53.7 Å². The van der Waals surface area contributed by atoms with Crippen molar-refractivity contribution < 1.29 is 15.3 Å². The average Bonchev–Trinajstić information content (AvgIpc) is 3.05. The third-order valence-corrected chi connectivity index (χ3v) is 11.3. The van der Waals surface area contributed by atoms with Gasteiger partial charge in [-0.25, -0.2) is 0 Å². The molecule has 0 bridgehead atoms. The molecule has 3 nitrogen and oxygen atoms in total. The molecule has 4 aliphatic rings. The van der Waals surface area contributed by atoms with Crippen LogP contribution in [0.5, 0.6) is 0 Å². The van der Waals surface area contributed by atoms with Crippen molar-refractivity contribution in [1.82, 2.24) is 0 Å². The first-order chi connectivity index (χ1) is 14.4. The zero-order valence-electron chi connectivity index (χ0n) is 20.8. The van der Waals surface area contributed by atoms with Crippen LogP contribution in [0.25, 0.3) is 0 Å². The summed E-state index contributed by atoms with van der Waals surface area (Å²) < 4.78 is 0. The lowest BCUT2D eigenvalue weighted by Crippen LogP contribution is -2.68. The predicted octanol–water partition coefficient (Wildman–Crippen LogP) is 5.58. The quantitative estimate of drug-likeness (QED) is 0.509. The summed E-state index contributed by atoms with van der Waals surface area (Å²) in [5, 5.41) is 33.1. The Labute approximate surface area is 190 Å². The Morgan fingerprint density at radius 3 is 2.26 bits per heavy atom. The minimum Gasteiger partial charge on any atom is -0.393 e. The number of rotatable bonds is 4. The van der Waals surface area contributed by atoms with Crippen LogP contribution in [0.15, 0.2) is 12.2 Å². The van der Waals surface area contributed by atoms with Crippen LogP contribution in [-0.2, 0) is 0 Å². The van der Waals surface area contributed by atoms with Crippen molar-refractivity contribution in [3.63, 3.8) is 0 Å². The number of hydrogen-bond acceptors (Lipinski definition) is 3. The second kappa shape index (κ2) is 8.13. The average molecular weight is 433 g/mol. The highest BCUT2D eigenvalue weighted by molar-refractivity contribution is 5.17. The molecule has 0 aromatic heterocycles. The highest BCUT2D eigenvalue weighted by Crippen LogP contribution is 2.69. The largest absolute Gasteiger partial charge is 0.393 e. The van der Waals surface area contributed by atoms with Gasteiger partial charge in [0.2, 0.25) is 0 Å². The molecule has 31 heavy (non-hydrogen) atoms. The van der Waals surface area contributed by atoms with Crippen LogP contribution in [0.4, 0.5) is 0 Å². The van der Waals surface area contributed by atoms with Gasteiger partial charge in [0.1, 0.15) is 0 Å². The van der Waals surface area contributed by atoms with Crippen molar-refractivity contribution >= 4 is 0 Å². The van der Waals surface area contributed by atoms with Crippen LogP contribution in [-0.4, -0.2) is 33.1 Å². The SMILES string of the molecule is CC(C)[C@H](C)C=C[C@@H](C)[C@H]1CC[C@H]2[C@@H]3C[C@@H](O)[C@@]4(O)C[C@@H](O)CC[C@]4(C)[C@H]3CC[C@]12C. The first-order valence-electron chi connectivity index (χ1n) is 13.2. The molecule has 4 aliphatic carbocycles. The molecule has 0 unspecified atom stereocenters. The first kappa shape index (κ1) is 23.8. The number of allylic oxidation sites excluding steroid dienone is 2. The van der Waals surface area contributed by atoms with E-state index in [4.69, 9.17) is 0 Å². The number of aliphatic hydroxyl groups excluding tert-OH is 2. The third kappa shape index (κ3) is 3.56. The lowest BCUT2D eigenvalue weighted by molar-refractivity contribution is -0.264. The lowest BCUT2D eigenvalue weighted by Gasteiger charge is -2.65. The summed E-state index contributed by atoms with van der Waals surface area (Å²) in [6.07, 6.45) is 11.4. The maximum atomic E-state index is 11.6. The van der Waals surface area contributed by atoms with Crippen LogP contribution in [0.3, 0.4) is 0 Å². The van der Waals surface area contributed by atoms with Gasteiger partial charge >= 0.3 is 0 Å². The van der Waals surface area contributed by atoms with Gasteiger partial charge in [-0.2, -0.15) is 0 Å². The molecule has 4 saturated carbocycles. The Morgan fingerprint density at radius 1 is 0.871 bits per heavy atom. The predicted molar refractivity (Wildman–Crippen MR) is 126 cm³/mol. The highest BCUT2D eigenvalue weighted by atomic mass is 16.3. The van der Waals surface area contributed by atoms with E-state index in [-0.39, 0.29) is 5.41 Å². The molecule has 0 amide bonds. The molecule has 4 rings (SSSR count). The van der Waals surface area contributed by atoms with Crippen molar-refractivity contribution in [3.8, 4) is 0 Å². The molecule has 0 radical (unpaired) electrons. The molecular formula is C28H48O3. The Balaban J connectivity index is 1.56. The monoisotopic (exact) mass is 432 g/mol. The molecule has 0 aliphatic heterocycles. The van der Waals surface area contributed by atoms with E-state index in [0.717, 1.165) is 19.3 Å². The molecule has 178 valence electrons. The fourth-order valence-electron chi connectivity index (χ4n) is 8.87. The third-order valence-electron chi connectivity index (χ3n) is 11.3. The second-order valence-electron chi connectivity index (χ2n) is 12.9. The maximum absolute atomic E-state index is 11.6. The number of fused-ring (bicyclic) bond motifs is 5. The van der Waals surface area contributed by atoms with Crippen molar-refractivity contribution in [2.75, 3.05) is 0 Å². The van der Waals surface area contributed by atoms with E-state index >= 15 is 0 Å². The summed E-state index contributed by atoms with van der Waals surface area (Å²) in [5.74, 6) is 4.24. The normalized spacial score (nSPS) is 51.9. The van der Waals surface area contributed by atoms with E-state index in [1.165, 1.54) is 19.3 Å². The van der Waals surface area contributed by atoms with Gasteiger partial charge in [-0.15, -0.1) is 0 Å². The molecule has 0 aromatic rings. The Hall–Kier alpha value is -0.380. The van der Waals surface area contributed by atoms with Crippen molar-refractivity contribution in [2.45, 2.75) is 111 Å². The summed E-state index contributed by atoms with van der Waals surface area (Å²) >= 11 is 0. The minimum atomic E-state index is -1.12. The standard InChI is InChI=1S/C28H48O3/c1-17(2)18(3)7-8-19(4)22-9-10-23-21-15-25(30)28(31)16-20(29)11-14-27(28,6)24(21)12-13-26(22,23)5/h7-8,17-25,29-31H,9-16H2,1-6H3/t18-,19-,20+,21+,22-,23+,24+,25-,26-,27-,28+/m1/s1. The summed E-state index contributed by atoms with van der Waals surface area (Å²) in [5.41, 5.74) is -1.06. The fraction of sp³-hybridized carbons (Fsp3) is 0.929. The molecule has 0 heterocycles. The Bertz CT molecular complexity index is 688. The maximum Gasteiger partial charge on any atom is 0.0985 e. The zero-order chi connectivity index (χ0) is 22.8. The van der Waals surface area contributed by atoms with Crippen LogP contribution >= 0.6 is 0 Å². The van der Waals surface area contributed by atoms with E-state index in [1.807, 2.05) is 0 Å². The second-order valence-corrected chi connectivity index (χ2v) is 12.9. The van der Waals surface area contributed by atoms with E-state index < -0.39 is 17.8 Å². The van der Waals surface area contributed by atoms with Crippen LogP contribution in [0.2, 0.25) is 0 Å². The minimum absolute atomic E-state index is 0.272. The Kier molecular flexibility index (Phi) is 6.24. The van der Waals surface area contributed by atoms with Gasteiger partial charge in [-0.1, -0.05) is 53.7 Å². The van der Waals surface area contributed by atoms with Gasteiger partial charge < -0.3 is 15.3 Å². The summed E-state index contributed by atoms with van der Waals surface area (Å²) in [7, 11) is 0. The molecule has 3 N–H and O–H groups in total. The molecule has 0 saturated heterocycles. The topological polar surface area (TPSA) is 60.7 Å². The first-order valence-corrected chi connectivity index (χ1v) is 13.2. The number of hydrogen-bond donors (Lipinski definition) is 3. The van der Waals surface area contributed by atoms with Gasteiger partial charge in [0, 0.05) is 11.8 Å². The zero-order valence-corrected chi connectivity index (χ0v) is 20.8. The molecule has 0 spiro atoms. The lowest BCUT2D eigenvalue weighted by atomic mass is 9.42. The van der Waals surface area contributed by atoms with Crippen molar-refractivity contribution in [2.24, 2.45) is 52.3 Å². The van der Waals surface area contributed by atoms with Gasteiger partial charge in [0.15, 0.2) is 0 Å². The van der Waals surface area contributed by atoms with E-state index in [1.54, 1.807) is 0 Å². The van der Waals surface area contributed by atoms with Crippen molar-refractivity contribution in [1.29, 1.82) is 0 Å². The smallest absolute Gasteiger partial charge is 0.0985 e. The van der Waals surface area contributed by atoms with E-state index in [9.17, 15) is 15.3 Å². The van der Waals surface area contributed by atoms with E-state index in [0.29, 0.717) is 59.7 Å². The van der Waals surface area contributed by atoms with Gasteiger partial charge in [0.25, 0.3) is 0 Å². The van der Waals surface area contributed by atoms with Gasteiger partial charge in [-0.3, -0.25) is 0 Å². The summed E-state index contributed by atoms with van der Waals surface area (Å²) in [6.45, 7) is 14.1. The summed E-state index contributed by atoms with van der Waals surface area (Å²) in [4.78, 5) is 0.